The summed E-state index contributed by atoms with van der Waals surface area (Å²) in [5.74, 6) is -0.803. The molecule has 2 rings (SSSR count). The molecule has 1 heterocycles. The predicted octanol–water partition coefficient (Wildman–Crippen LogP) is 3.60. The fraction of sp³-hybridized carbons (Fsp3) is 0.294. The number of nitrogens with two attached hydrogens (primary N) is 1. The number of ether oxygens (including phenoxy) is 1. The predicted molar refractivity (Wildman–Crippen MR) is 93.4 cm³/mol. The van der Waals surface area contributed by atoms with Crippen LogP contribution in [0.15, 0.2) is 12.1 Å². The Bertz CT molecular complexity index is 770. The Morgan fingerprint density at radius 2 is 1.70 bits per heavy atom. The minimum Gasteiger partial charge on any atom is -0.465 e. The van der Waals surface area contributed by atoms with E-state index in [1.807, 2.05) is 32.9 Å². The van der Waals surface area contributed by atoms with Gasteiger partial charge in [-0.25, -0.2) is 4.79 Å². The Hall–Kier alpha value is -2.34. The second-order valence-corrected chi connectivity index (χ2v) is 6.57. The minimum atomic E-state index is -0.530. The summed E-state index contributed by atoms with van der Waals surface area (Å²) in [6.45, 7) is 7.61. The molecule has 0 bridgehead atoms. The number of rotatable bonds is 3. The highest BCUT2D eigenvalue weighted by Crippen LogP contribution is 2.32. The molecule has 0 saturated carbocycles. The van der Waals surface area contributed by atoms with Crippen LogP contribution in [0.5, 0.6) is 0 Å². The number of nitrogen functional groups attached to an aromatic ring is 1. The molecular weight excluding hydrogens is 312 g/mol. The molecule has 6 heteroatoms. The highest BCUT2D eigenvalue weighted by atomic mass is 32.1. The number of thiophene rings is 1. The molecule has 0 aliphatic carbocycles. The molecule has 1 aromatic heterocycles. The molecule has 1 aromatic carbocycles. The third kappa shape index (κ3) is 3.22. The van der Waals surface area contributed by atoms with Gasteiger partial charge in [0.15, 0.2) is 0 Å². The third-order valence-electron chi connectivity index (χ3n) is 3.69. The first-order valence-corrected chi connectivity index (χ1v) is 7.94. The average molecular weight is 332 g/mol. The van der Waals surface area contributed by atoms with Gasteiger partial charge in [0.25, 0.3) is 5.91 Å². The molecule has 0 saturated heterocycles. The molecule has 0 spiro atoms. The van der Waals surface area contributed by atoms with Crippen LogP contribution in [0, 0.1) is 27.7 Å². The summed E-state index contributed by atoms with van der Waals surface area (Å²) in [5.41, 5.74) is 10.6. The smallest absolute Gasteiger partial charge is 0.341 e. The SMILES string of the molecule is COC(=O)c1c(N)sc(C(=O)Nc2c(C)cc(C)cc2C)c1C. The number of hydrogen-bond acceptors (Lipinski definition) is 5. The summed E-state index contributed by atoms with van der Waals surface area (Å²) in [6, 6.07) is 4.02. The molecule has 0 aliphatic rings. The Labute approximate surface area is 139 Å². The molecule has 0 atom stereocenters. The lowest BCUT2D eigenvalue weighted by Crippen LogP contribution is -2.14. The third-order valence-corrected chi connectivity index (χ3v) is 4.81. The Kier molecular flexibility index (Phi) is 4.75. The molecule has 3 N–H and O–H groups in total. The van der Waals surface area contributed by atoms with Crippen molar-refractivity contribution in [2.75, 3.05) is 18.2 Å². The van der Waals surface area contributed by atoms with Gasteiger partial charge in [-0.2, -0.15) is 0 Å². The van der Waals surface area contributed by atoms with Crippen molar-refractivity contribution in [2.24, 2.45) is 0 Å². The molecule has 122 valence electrons. The number of methoxy groups -OCH3 is 1. The Morgan fingerprint density at radius 1 is 1.13 bits per heavy atom. The van der Waals surface area contributed by atoms with Gasteiger partial charge < -0.3 is 15.8 Å². The van der Waals surface area contributed by atoms with Gasteiger partial charge in [0.1, 0.15) is 5.00 Å². The van der Waals surface area contributed by atoms with Gasteiger partial charge >= 0.3 is 5.97 Å². The average Bonchev–Trinajstić information content (AvgIpc) is 2.77. The Morgan fingerprint density at radius 3 is 2.22 bits per heavy atom. The standard InChI is InChI=1S/C17H20N2O3S/c1-8-6-9(2)13(10(3)7-8)19-16(20)14-11(4)12(15(18)23-14)17(21)22-5/h6-7H,18H2,1-5H3,(H,19,20). The monoisotopic (exact) mass is 332 g/mol. The topological polar surface area (TPSA) is 81.4 Å². The first-order chi connectivity index (χ1) is 10.8. The summed E-state index contributed by atoms with van der Waals surface area (Å²) >= 11 is 1.09. The number of hydrogen-bond donors (Lipinski definition) is 2. The minimum absolute atomic E-state index is 0.264. The van der Waals surface area contributed by atoms with E-state index in [9.17, 15) is 9.59 Å². The molecule has 1 amide bonds. The van der Waals surface area contributed by atoms with Crippen molar-refractivity contribution in [3.8, 4) is 0 Å². The van der Waals surface area contributed by atoms with Crippen molar-refractivity contribution in [2.45, 2.75) is 27.7 Å². The maximum atomic E-state index is 12.6. The number of nitrogens with one attached hydrogen (secondary N) is 1. The van der Waals surface area contributed by atoms with Crippen LogP contribution in [0.4, 0.5) is 10.7 Å². The number of amides is 1. The zero-order chi connectivity index (χ0) is 17.3. The highest BCUT2D eigenvalue weighted by Gasteiger charge is 2.24. The maximum absolute atomic E-state index is 12.6. The fourth-order valence-corrected chi connectivity index (χ4v) is 3.61. The van der Waals surface area contributed by atoms with Crippen LogP contribution in [0.2, 0.25) is 0 Å². The van der Waals surface area contributed by atoms with E-state index in [0.717, 1.165) is 33.7 Å². The van der Waals surface area contributed by atoms with E-state index in [2.05, 4.69) is 5.32 Å². The largest absolute Gasteiger partial charge is 0.465 e. The number of aryl methyl sites for hydroxylation is 3. The first-order valence-electron chi connectivity index (χ1n) is 7.12. The molecule has 0 fully saturated rings. The van der Waals surface area contributed by atoms with Crippen LogP contribution in [-0.4, -0.2) is 19.0 Å². The molecular formula is C17H20N2O3S. The van der Waals surface area contributed by atoms with Gasteiger partial charge in [-0.1, -0.05) is 17.7 Å². The zero-order valence-corrected chi connectivity index (χ0v) is 14.7. The van der Waals surface area contributed by atoms with E-state index in [1.165, 1.54) is 7.11 Å². The highest BCUT2D eigenvalue weighted by molar-refractivity contribution is 7.18. The fourth-order valence-electron chi connectivity index (χ4n) is 2.66. The van der Waals surface area contributed by atoms with Crippen LogP contribution < -0.4 is 11.1 Å². The number of carbonyl (C=O) groups is 2. The van der Waals surface area contributed by atoms with E-state index in [-0.39, 0.29) is 16.5 Å². The van der Waals surface area contributed by atoms with Crippen molar-refractivity contribution in [3.05, 3.63) is 44.8 Å². The first kappa shape index (κ1) is 17.0. The lowest BCUT2D eigenvalue weighted by atomic mass is 10.0. The molecule has 0 radical (unpaired) electrons. The van der Waals surface area contributed by atoms with Crippen LogP contribution in [0.3, 0.4) is 0 Å². The molecule has 5 nitrogen and oxygen atoms in total. The van der Waals surface area contributed by atoms with Crippen molar-refractivity contribution in [3.63, 3.8) is 0 Å². The number of carbonyl (C=O) groups excluding carboxylic acids is 2. The summed E-state index contributed by atoms with van der Waals surface area (Å²) in [4.78, 5) is 24.8. The lowest BCUT2D eigenvalue weighted by Gasteiger charge is -2.12. The van der Waals surface area contributed by atoms with Crippen molar-refractivity contribution < 1.29 is 14.3 Å². The van der Waals surface area contributed by atoms with Crippen molar-refractivity contribution in [1.82, 2.24) is 0 Å². The van der Waals surface area contributed by atoms with Gasteiger partial charge in [0, 0.05) is 5.69 Å². The van der Waals surface area contributed by atoms with E-state index in [0.29, 0.717) is 10.4 Å². The number of esters is 1. The molecule has 23 heavy (non-hydrogen) atoms. The molecule has 0 aliphatic heterocycles. The molecule has 2 aromatic rings. The zero-order valence-electron chi connectivity index (χ0n) is 13.9. The van der Waals surface area contributed by atoms with Crippen LogP contribution in [0.25, 0.3) is 0 Å². The summed E-state index contributed by atoms with van der Waals surface area (Å²) in [6.07, 6.45) is 0. The lowest BCUT2D eigenvalue weighted by molar-refractivity contribution is 0.0601. The summed E-state index contributed by atoms with van der Waals surface area (Å²) in [7, 11) is 1.29. The summed E-state index contributed by atoms with van der Waals surface area (Å²) < 4.78 is 4.72. The van der Waals surface area contributed by atoms with E-state index >= 15 is 0 Å². The van der Waals surface area contributed by atoms with E-state index in [1.54, 1.807) is 6.92 Å². The van der Waals surface area contributed by atoms with Gasteiger partial charge in [-0.3, -0.25) is 4.79 Å². The van der Waals surface area contributed by atoms with Crippen LogP contribution in [0.1, 0.15) is 42.3 Å². The quantitative estimate of drug-likeness (QED) is 0.841. The normalized spacial score (nSPS) is 10.5. The van der Waals surface area contributed by atoms with E-state index < -0.39 is 5.97 Å². The van der Waals surface area contributed by atoms with Crippen molar-refractivity contribution >= 4 is 33.9 Å². The molecule has 0 unspecified atom stereocenters. The van der Waals surface area contributed by atoms with Gasteiger partial charge in [0.05, 0.1) is 17.6 Å². The number of benzene rings is 1. The van der Waals surface area contributed by atoms with Crippen LogP contribution in [-0.2, 0) is 4.74 Å². The Balaban J connectivity index is 2.38. The van der Waals surface area contributed by atoms with Gasteiger partial charge in [-0.15, -0.1) is 11.3 Å². The second kappa shape index (κ2) is 6.42. The number of anilines is 2. The summed E-state index contributed by atoms with van der Waals surface area (Å²) in [5, 5.41) is 3.21. The van der Waals surface area contributed by atoms with Gasteiger partial charge in [0.2, 0.25) is 0 Å². The maximum Gasteiger partial charge on any atom is 0.341 e. The second-order valence-electron chi connectivity index (χ2n) is 5.51. The van der Waals surface area contributed by atoms with Crippen LogP contribution >= 0.6 is 11.3 Å². The van der Waals surface area contributed by atoms with Crippen molar-refractivity contribution in [1.29, 1.82) is 0 Å². The van der Waals surface area contributed by atoms with Gasteiger partial charge in [-0.05, 0) is 44.4 Å². The van der Waals surface area contributed by atoms with E-state index in [4.69, 9.17) is 10.5 Å².